The minimum Gasteiger partial charge on any atom is -0.406 e. The van der Waals surface area contributed by atoms with Crippen LogP contribution in [0.1, 0.15) is 148 Å². The highest BCUT2D eigenvalue weighted by atomic mass is 19.4. The van der Waals surface area contributed by atoms with E-state index in [2.05, 4.69) is 163 Å². The third-order valence-corrected chi connectivity index (χ3v) is 25.2. The summed E-state index contributed by atoms with van der Waals surface area (Å²) in [5.74, 6) is 4.32. The number of nitrogen functional groups attached to an aromatic ring is 3. The van der Waals surface area contributed by atoms with Crippen molar-refractivity contribution in [3.8, 4) is 11.5 Å². The standard InChI is InChI=1S/C29H39N7O3.2C27H33F3N8O4/c1-29(2,3)17-6-7-20-21(13-17)34-23(33-20)8-5-16-11-18(12-16)35(4)14-22-24(37)25(38)28(39-22)36-10-9-19-26(30)31-15-32-27(19)36;2*1-13(2)37(10-19-22(39)23(40)26(41-19)38-12-34-21-24(31)32-11-33-25(21)38)15-7-14(8-15)3-6-20-35-17-5-4-16(9-18(17)36-20)42-27(28,29)30/h6-7,9-10,13,15-16,18,22,24-25,28,37-38H,5,8,11-12,14H2,1-4H3,(H,33,34)(H2,30,31,32);2*4-5,9,11-15,19,22-23,26,39-40H,3,6-8,10H2,1-2H3,(H,35,36)(H2,31,32,33)/t16?,18?,22-,24-,25-,28-;2*14?,15?,19-,22-,23-,26-/m111/s1. The Balaban J connectivity index is 0.000000137. The predicted molar refractivity (Wildman–Crippen MR) is 440 cm³/mol. The summed E-state index contributed by atoms with van der Waals surface area (Å²) < 4.78 is 107. The van der Waals surface area contributed by atoms with E-state index >= 15 is 0 Å². The molecule has 15 N–H and O–H groups in total. The van der Waals surface area contributed by atoms with Crippen LogP contribution in [0, 0.1) is 17.8 Å². The van der Waals surface area contributed by atoms with Gasteiger partial charge in [-0.05, 0) is 164 Å². The number of nitrogens with two attached hydrogens (primary N) is 3. The van der Waals surface area contributed by atoms with Crippen molar-refractivity contribution in [3.05, 3.63) is 122 Å². The van der Waals surface area contributed by atoms with E-state index in [4.69, 9.17) is 36.4 Å². The Morgan fingerprint density at radius 1 is 0.463 bits per heavy atom. The molecular weight excluding hydrogens is 1610 g/mol. The summed E-state index contributed by atoms with van der Waals surface area (Å²) in [4.78, 5) is 63.5. The molecule has 3 aliphatic carbocycles. The fraction of sp³-hybridized carbons (Fsp3) is 0.554. The van der Waals surface area contributed by atoms with Gasteiger partial charge in [0.1, 0.15) is 125 Å². The normalized spacial score (nSPS) is 26.8. The van der Waals surface area contributed by atoms with Crippen molar-refractivity contribution < 1.29 is 80.7 Å². The second-order valence-corrected chi connectivity index (χ2v) is 35.1. The van der Waals surface area contributed by atoms with Gasteiger partial charge < -0.3 is 95.9 Å². The number of hydrogen-bond acceptors (Lipinski definition) is 28. The van der Waals surface area contributed by atoms with Crippen LogP contribution in [0.15, 0.2) is 98.5 Å². The third kappa shape index (κ3) is 18.7. The molecule has 6 aliphatic rings. The summed E-state index contributed by atoms with van der Waals surface area (Å²) in [5.41, 5.74) is 25.7. The van der Waals surface area contributed by atoms with Crippen LogP contribution in [0.2, 0.25) is 0 Å². The number of H-pyrrole nitrogens is 3. The third-order valence-electron chi connectivity index (χ3n) is 25.2. The number of aryl methyl sites for hydroxylation is 3. The zero-order valence-corrected chi connectivity index (χ0v) is 69.2. The maximum atomic E-state index is 12.5. The zero-order valence-electron chi connectivity index (χ0n) is 69.2. The smallest absolute Gasteiger partial charge is 0.406 e. The van der Waals surface area contributed by atoms with E-state index in [0.717, 1.165) is 92.7 Å². The molecule has 660 valence electrons. The Morgan fingerprint density at radius 2 is 0.837 bits per heavy atom. The van der Waals surface area contributed by atoms with E-state index in [0.29, 0.717) is 130 Å². The van der Waals surface area contributed by atoms with Gasteiger partial charge in [-0.15, -0.1) is 26.3 Å². The molecule has 34 nitrogen and oxygen atoms in total. The number of likely N-dealkylation sites (N-methyl/N-ethyl adjacent to an activating group) is 1. The molecule has 12 heterocycles. The molecule has 6 fully saturated rings. The van der Waals surface area contributed by atoms with Gasteiger partial charge >= 0.3 is 12.7 Å². The van der Waals surface area contributed by atoms with Crippen LogP contribution in [0.25, 0.3) is 66.5 Å². The lowest BCUT2D eigenvalue weighted by Gasteiger charge is -2.46. The van der Waals surface area contributed by atoms with Crippen molar-refractivity contribution in [2.75, 3.05) is 43.9 Å². The summed E-state index contributed by atoms with van der Waals surface area (Å²) in [7, 11) is 2.07. The average molecular weight is 1710 g/mol. The van der Waals surface area contributed by atoms with Gasteiger partial charge in [-0.2, -0.15) is 0 Å². The monoisotopic (exact) mass is 1710 g/mol. The van der Waals surface area contributed by atoms with Gasteiger partial charge in [-0.25, -0.2) is 54.8 Å². The summed E-state index contributed by atoms with van der Waals surface area (Å²) in [6, 6.07) is 17.9. The summed E-state index contributed by atoms with van der Waals surface area (Å²) in [6.07, 6.45) is -0.340. The van der Waals surface area contributed by atoms with Gasteiger partial charge in [-0.3, -0.25) is 18.9 Å². The van der Waals surface area contributed by atoms with Crippen molar-refractivity contribution >= 4 is 83.9 Å². The molecule has 9 aromatic heterocycles. The van der Waals surface area contributed by atoms with Crippen LogP contribution in [-0.2, 0) is 38.9 Å². The molecule has 3 aromatic carbocycles. The first-order chi connectivity index (χ1) is 58.5. The predicted octanol–water partition coefficient (Wildman–Crippen LogP) is 9.00. The van der Waals surface area contributed by atoms with Crippen LogP contribution in [0.5, 0.6) is 11.5 Å². The number of nitrogens with zero attached hydrogens (tertiary/aromatic N) is 17. The number of aromatic amines is 3. The van der Waals surface area contributed by atoms with Gasteiger partial charge in [0.15, 0.2) is 41.6 Å². The number of rotatable bonds is 25. The van der Waals surface area contributed by atoms with Crippen LogP contribution < -0.4 is 26.7 Å². The van der Waals surface area contributed by atoms with Crippen LogP contribution in [-0.4, -0.2) is 253 Å². The van der Waals surface area contributed by atoms with Crippen LogP contribution in [0.3, 0.4) is 0 Å². The Labute approximate surface area is 701 Å². The lowest BCUT2D eigenvalue weighted by atomic mass is 9.76. The fourth-order valence-electron chi connectivity index (χ4n) is 18.1. The topological polar surface area (TPSA) is 459 Å². The number of anilines is 3. The number of halogens is 6. The lowest BCUT2D eigenvalue weighted by Crippen LogP contribution is -2.52. The number of benzene rings is 3. The molecule has 0 unspecified atom stereocenters. The van der Waals surface area contributed by atoms with Gasteiger partial charge in [0.05, 0.1) is 51.1 Å². The Kier molecular flexibility index (Phi) is 24.4. The van der Waals surface area contributed by atoms with E-state index in [9.17, 15) is 57.0 Å². The highest BCUT2D eigenvalue weighted by molar-refractivity contribution is 5.86. The molecule has 3 aliphatic heterocycles. The van der Waals surface area contributed by atoms with Gasteiger partial charge in [0.2, 0.25) is 0 Å². The summed E-state index contributed by atoms with van der Waals surface area (Å²) in [6.45, 7) is 16.5. The second kappa shape index (κ2) is 34.8. The Bertz CT molecular complexity index is 5430. The van der Waals surface area contributed by atoms with E-state index < -0.39 is 86.3 Å². The molecule has 0 bridgehead atoms. The van der Waals surface area contributed by atoms with Crippen LogP contribution >= 0.6 is 0 Å². The van der Waals surface area contributed by atoms with E-state index in [1.54, 1.807) is 26.0 Å². The number of fused-ring (bicyclic) bond motifs is 6. The summed E-state index contributed by atoms with van der Waals surface area (Å²) in [5, 5.41) is 65.7. The molecule has 3 saturated carbocycles. The lowest BCUT2D eigenvalue weighted by molar-refractivity contribution is -0.275. The van der Waals surface area contributed by atoms with Crippen molar-refractivity contribution in [1.82, 2.24) is 98.2 Å². The number of nitrogens with one attached hydrogen (secondary N) is 3. The Morgan fingerprint density at radius 3 is 1.24 bits per heavy atom. The van der Waals surface area contributed by atoms with Crippen molar-refractivity contribution in [2.24, 2.45) is 17.8 Å². The second-order valence-electron chi connectivity index (χ2n) is 35.1. The molecule has 123 heavy (non-hydrogen) atoms. The number of alkyl halides is 6. The van der Waals surface area contributed by atoms with Gasteiger partial charge in [0, 0.05) is 87.4 Å². The number of ether oxygens (including phenoxy) is 5. The van der Waals surface area contributed by atoms with Crippen molar-refractivity contribution in [1.29, 1.82) is 0 Å². The largest absolute Gasteiger partial charge is 0.573 e. The molecule has 12 atom stereocenters. The highest BCUT2D eigenvalue weighted by Gasteiger charge is 2.50. The molecule has 18 rings (SSSR count). The SMILES string of the molecule is CC(C)N(C[C@H]1O[C@@H](n2cnc3c(N)ncnc32)[C@H](O)[C@@H]1O)C1CC(CCc2nc3ccc(OC(F)(F)F)cc3[nH]2)C1.CC(C)N(C[C@H]1O[C@@H](n2cnc3c(N)ncnc32)[C@H](O)[C@@H]1O)C1CC(CCc2nc3ccc(OC(F)(F)F)cc3[nH]2)C1.CN(C[C@H]1O[C@@H](n2ccc3c(N)ncnc32)[C@H](O)[C@@H]1O)C1CC(CCc2nc3ccc(C(C)(C)C)cc3[nH]2)C1. The maximum absolute atomic E-state index is 12.5. The number of hydrogen-bond donors (Lipinski definition) is 12. The van der Waals surface area contributed by atoms with Crippen molar-refractivity contribution in [2.45, 2.75) is 247 Å². The van der Waals surface area contributed by atoms with E-state index in [-0.39, 0.29) is 40.6 Å². The average Bonchev–Trinajstić information content (AvgIpc) is 1.64. The molecule has 3 saturated heterocycles. The first-order valence-corrected chi connectivity index (χ1v) is 41.7. The number of aromatic nitrogens is 17. The minimum atomic E-state index is -4.75. The first-order valence-electron chi connectivity index (χ1n) is 41.7. The maximum Gasteiger partial charge on any atom is 0.573 e. The van der Waals surface area contributed by atoms with Crippen LogP contribution in [0.4, 0.5) is 43.8 Å². The fourth-order valence-corrected chi connectivity index (χ4v) is 18.1. The number of aliphatic hydroxyl groups is 6. The molecule has 0 radical (unpaired) electrons. The van der Waals surface area contributed by atoms with E-state index in [1.165, 1.54) is 73.6 Å². The number of aliphatic hydroxyl groups excluding tert-OH is 6. The quantitative estimate of drug-likeness (QED) is 0.0237. The first kappa shape index (κ1) is 86.4. The van der Waals surface area contributed by atoms with E-state index in [1.807, 2.05) is 0 Å². The molecule has 12 aromatic rings. The molecule has 0 amide bonds. The van der Waals surface area contributed by atoms with Gasteiger partial charge in [0.25, 0.3) is 0 Å². The summed E-state index contributed by atoms with van der Waals surface area (Å²) >= 11 is 0. The van der Waals surface area contributed by atoms with Crippen molar-refractivity contribution in [3.63, 3.8) is 0 Å². The highest BCUT2D eigenvalue weighted by Crippen LogP contribution is 2.44. The molecule has 40 heteroatoms. The van der Waals surface area contributed by atoms with Gasteiger partial charge in [-0.1, -0.05) is 26.8 Å². The number of imidazole rings is 5. The Hall–Kier alpha value is -10.1. The molecular formula is C83H105F6N23O11. The molecule has 0 spiro atoms. The minimum absolute atomic E-state index is 0.116. The zero-order chi connectivity index (χ0) is 87.0.